The summed E-state index contributed by atoms with van der Waals surface area (Å²) in [4.78, 5) is 18.2. The van der Waals surface area contributed by atoms with Gasteiger partial charge in [-0.2, -0.15) is 0 Å². The molecule has 1 aromatic heterocycles. The molecule has 1 aromatic rings. The summed E-state index contributed by atoms with van der Waals surface area (Å²) >= 11 is 0. The number of aryl methyl sites for hydroxylation is 1. The van der Waals surface area contributed by atoms with Gasteiger partial charge in [-0.3, -0.25) is 0 Å². The number of nitrogens with zero attached hydrogens (tertiary/aromatic N) is 2. The number of aromatic carboxylic acids is 1. The van der Waals surface area contributed by atoms with Gasteiger partial charge in [0.25, 0.3) is 0 Å². The first-order chi connectivity index (χ1) is 9.97. The average Bonchev–Trinajstić information content (AvgIpc) is 2.48. The predicted octanol–water partition coefficient (Wildman–Crippen LogP) is 3.75. The van der Waals surface area contributed by atoms with Gasteiger partial charge in [0.2, 0.25) is 0 Å². The van der Waals surface area contributed by atoms with Gasteiger partial charge in [0.05, 0.1) is 5.56 Å². The number of hydrogen-bond acceptors (Lipinski definition) is 3. The third kappa shape index (κ3) is 3.74. The summed E-state index contributed by atoms with van der Waals surface area (Å²) in [7, 11) is 0. The van der Waals surface area contributed by atoms with Crippen molar-refractivity contribution in [2.75, 3.05) is 18.0 Å². The lowest BCUT2D eigenvalue weighted by molar-refractivity contribution is 0.0696. The standard InChI is InChI=1S/C17H26N2O2/c1-4-6-14-11-13(16(20)21)12-15(18-14)19-9-7-17(3,5-2)8-10-19/h11-12H,4-10H2,1-3H3,(H,20,21). The predicted molar refractivity (Wildman–Crippen MR) is 85.0 cm³/mol. The van der Waals surface area contributed by atoms with E-state index in [1.54, 1.807) is 12.1 Å². The Morgan fingerprint density at radius 3 is 2.52 bits per heavy atom. The molecule has 2 rings (SSSR count). The SMILES string of the molecule is CCCc1cc(C(=O)O)cc(N2CCC(C)(CC)CC2)n1. The smallest absolute Gasteiger partial charge is 0.335 e. The third-order valence-corrected chi connectivity index (χ3v) is 4.77. The average molecular weight is 290 g/mol. The van der Waals surface area contributed by atoms with Gasteiger partial charge >= 0.3 is 5.97 Å². The number of carbonyl (C=O) groups is 1. The topological polar surface area (TPSA) is 53.4 Å². The molecule has 0 amide bonds. The molecule has 1 aliphatic heterocycles. The summed E-state index contributed by atoms with van der Waals surface area (Å²) < 4.78 is 0. The fraction of sp³-hybridized carbons (Fsp3) is 0.647. The summed E-state index contributed by atoms with van der Waals surface area (Å²) in [6.45, 7) is 8.60. The highest BCUT2D eigenvalue weighted by Gasteiger charge is 2.29. The molecule has 1 aliphatic rings. The van der Waals surface area contributed by atoms with Crippen LogP contribution in [-0.2, 0) is 6.42 Å². The summed E-state index contributed by atoms with van der Waals surface area (Å²) in [6, 6.07) is 3.42. The minimum Gasteiger partial charge on any atom is -0.478 e. The van der Waals surface area contributed by atoms with Gasteiger partial charge in [-0.05, 0) is 36.8 Å². The molecule has 4 heteroatoms. The normalized spacial score (nSPS) is 17.8. The van der Waals surface area contributed by atoms with Crippen LogP contribution in [0.2, 0.25) is 0 Å². The molecular formula is C17H26N2O2. The highest BCUT2D eigenvalue weighted by atomic mass is 16.4. The van der Waals surface area contributed by atoms with Gasteiger partial charge < -0.3 is 10.0 Å². The highest BCUT2D eigenvalue weighted by Crippen LogP contribution is 2.35. The molecule has 0 saturated carbocycles. The Bertz CT molecular complexity index is 506. The largest absolute Gasteiger partial charge is 0.478 e. The maximum Gasteiger partial charge on any atom is 0.335 e. The van der Waals surface area contributed by atoms with Crippen LogP contribution in [0.25, 0.3) is 0 Å². The van der Waals surface area contributed by atoms with E-state index < -0.39 is 5.97 Å². The molecule has 0 aliphatic carbocycles. The molecule has 1 N–H and O–H groups in total. The molecular weight excluding hydrogens is 264 g/mol. The molecule has 0 atom stereocenters. The quantitative estimate of drug-likeness (QED) is 0.897. The van der Waals surface area contributed by atoms with E-state index in [4.69, 9.17) is 0 Å². The molecule has 0 unspecified atom stereocenters. The molecule has 0 radical (unpaired) electrons. The van der Waals surface area contributed by atoms with Crippen molar-refractivity contribution >= 4 is 11.8 Å². The molecule has 21 heavy (non-hydrogen) atoms. The third-order valence-electron chi connectivity index (χ3n) is 4.77. The number of hydrogen-bond donors (Lipinski definition) is 1. The van der Waals surface area contributed by atoms with Crippen LogP contribution in [0, 0.1) is 5.41 Å². The maximum atomic E-state index is 11.3. The zero-order chi connectivity index (χ0) is 15.5. The number of carboxylic acid groups (broad SMARTS) is 1. The van der Waals surface area contributed by atoms with E-state index in [9.17, 15) is 9.90 Å². The molecule has 116 valence electrons. The number of carboxylic acids is 1. The first-order valence-electron chi connectivity index (χ1n) is 7.96. The summed E-state index contributed by atoms with van der Waals surface area (Å²) in [6.07, 6.45) is 5.29. The molecule has 4 nitrogen and oxygen atoms in total. The number of pyridine rings is 1. The first kappa shape index (κ1) is 15.8. The van der Waals surface area contributed by atoms with Crippen LogP contribution in [0.15, 0.2) is 12.1 Å². The van der Waals surface area contributed by atoms with E-state index >= 15 is 0 Å². The lowest BCUT2D eigenvalue weighted by atomic mass is 9.78. The van der Waals surface area contributed by atoms with Gasteiger partial charge in [0.15, 0.2) is 0 Å². The Labute approximate surface area is 127 Å². The molecule has 0 bridgehead atoms. The van der Waals surface area contributed by atoms with Gasteiger partial charge in [-0.15, -0.1) is 0 Å². The lowest BCUT2D eigenvalue weighted by Gasteiger charge is -2.39. The molecule has 1 fully saturated rings. The number of rotatable bonds is 5. The minimum atomic E-state index is -0.869. The first-order valence-corrected chi connectivity index (χ1v) is 7.96. The molecule has 0 aromatic carbocycles. The zero-order valence-corrected chi connectivity index (χ0v) is 13.4. The maximum absolute atomic E-state index is 11.3. The Balaban J connectivity index is 2.21. The van der Waals surface area contributed by atoms with Gasteiger partial charge in [0.1, 0.15) is 5.82 Å². The van der Waals surface area contributed by atoms with Gasteiger partial charge in [-0.1, -0.05) is 33.6 Å². The molecule has 1 saturated heterocycles. The minimum absolute atomic E-state index is 0.354. The summed E-state index contributed by atoms with van der Waals surface area (Å²) in [5.41, 5.74) is 1.66. The molecule has 0 spiro atoms. The fourth-order valence-electron chi connectivity index (χ4n) is 2.87. The van der Waals surface area contributed by atoms with E-state index in [0.29, 0.717) is 11.0 Å². The fourth-order valence-corrected chi connectivity index (χ4v) is 2.87. The van der Waals surface area contributed by atoms with Crippen LogP contribution in [0.5, 0.6) is 0 Å². The van der Waals surface area contributed by atoms with Crippen LogP contribution >= 0.6 is 0 Å². The van der Waals surface area contributed by atoms with Crippen molar-refractivity contribution in [2.24, 2.45) is 5.41 Å². The Kier molecular flexibility index (Phi) is 4.86. The van der Waals surface area contributed by atoms with Crippen molar-refractivity contribution in [3.8, 4) is 0 Å². The molecule has 2 heterocycles. The van der Waals surface area contributed by atoms with Crippen molar-refractivity contribution in [2.45, 2.75) is 52.9 Å². The highest BCUT2D eigenvalue weighted by molar-refractivity contribution is 5.88. The van der Waals surface area contributed by atoms with E-state index in [0.717, 1.165) is 50.3 Å². The summed E-state index contributed by atoms with van der Waals surface area (Å²) in [5.74, 6) is -0.0390. The number of anilines is 1. The van der Waals surface area contributed by atoms with Crippen LogP contribution < -0.4 is 4.90 Å². The number of piperidine rings is 1. The zero-order valence-electron chi connectivity index (χ0n) is 13.4. The Morgan fingerprint density at radius 1 is 1.33 bits per heavy atom. The van der Waals surface area contributed by atoms with Crippen LogP contribution in [-0.4, -0.2) is 29.1 Å². The van der Waals surface area contributed by atoms with Crippen molar-refractivity contribution in [3.63, 3.8) is 0 Å². The van der Waals surface area contributed by atoms with E-state index in [2.05, 4.69) is 30.7 Å². The summed E-state index contributed by atoms with van der Waals surface area (Å²) in [5, 5.41) is 9.28. The van der Waals surface area contributed by atoms with Gasteiger partial charge in [-0.25, -0.2) is 9.78 Å². The van der Waals surface area contributed by atoms with Crippen molar-refractivity contribution < 1.29 is 9.90 Å². The van der Waals surface area contributed by atoms with Crippen molar-refractivity contribution in [1.82, 2.24) is 4.98 Å². The van der Waals surface area contributed by atoms with Gasteiger partial charge in [0, 0.05) is 18.8 Å². The van der Waals surface area contributed by atoms with Crippen LogP contribution in [0.3, 0.4) is 0 Å². The van der Waals surface area contributed by atoms with E-state index in [1.807, 2.05) is 0 Å². The number of aromatic nitrogens is 1. The van der Waals surface area contributed by atoms with E-state index in [1.165, 1.54) is 6.42 Å². The van der Waals surface area contributed by atoms with Crippen molar-refractivity contribution in [1.29, 1.82) is 0 Å². The van der Waals surface area contributed by atoms with Crippen LogP contribution in [0.4, 0.5) is 5.82 Å². The second-order valence-corrected chi connectivity index (χ2v) is 6.41. The second-order valence-electron chi connectivity index (χ2n) is 6.41. The Hall–Kier alpha value is -1.58. The lowest BCUT2D eigenvalue weighted by Crippen LogP contribution is -2.39. The second kappa shape index (κ2) is 6.46. The monoisotopic (exact) mass is 290 g/mol. The van der Waals surface area contributed by atoms with Crippen molar-refractivity contribution in [3.05, 3.63) is 23.4 Å². The van der Waals surface area contributed by atoms with Crippen LogP contribution in [0.1, 0.15) is 62.5 Å². The van der Waals surface area contributed by atoms with E-state index in [-0.39, 0.29) is 0 Å². The Morgan fingerprint density at radius 2 is 2.00 bits per heavy atom.